The third-order valence-corrected chi connectivity index (χ3v) is 1.80. The van der Waals surface area contributed by atoms with Gasteiger partial charge in [-0.1, -0.05) is 5.92 Å². The highest BCUT2D eigenvalue weighted by Gasteiger charge is 2.07. The van der Waals surface area contributed by atoms with Gasteiger partial charge in [-0.2, -0.15) is 0 Å². The van der Waals surface area contributed by atoms with Crippen molar-refractivity contribution in [3.63, 3.8) is 0 Å². The number of morpholine rings is 1. The van der Waals surface area contributed by atoms with Crippen LogP contribution in [0.1, 0.15) is 6.42 Å². The molecule has 0 amide bonds. The van der Waals surface area contributed by atoms with Crippen molar-refractivity contribution in [2.45, 2.75) is 6.42 Å². The Labute approximate surface area is 98.2 Å². The third kappa shape index (κ3) is 7.43. The minimum atomic E-state index is 0. The number of ether oxygens (including phenoxy) is 1. The van der Waals surface area contributed by atoms with E-state index in [-0.39, 0.29) is 24.8 Å². The van der Waals surface area contributed by atoms with Crippen LogP contribution in [0, 0.1) is 11.8 Å². The Morgan fingerprint density at radius 2 is 1.79 bits per heavy atom. The van der Waals surface area contributed by atoms with Gasteiger partial charge in [-0.05, 0) is 0 Å². The highest BCUT2D eigenvalue weighted by Crippen LogP contribution is 1.94. The number of nitrogens with zero attached hydrogens (tertiary/aromatic N) is 1. The summed E-state index contributed by atoms with van der Waals surface area (Å²) in [4.78, 5) is 2.30. The van der Waals surface area contributed by atoms with Gasteiger partial charge in [0.1, 0.15) is 0 Å². The van der Waals surface area contributed by atoms with Gasteiger partial charge in [0.15, 0.2) is 0 Å². The Morgan fingerprint density at radius 1 is 1.14 bits per heavy atom. The van der Waals surface area contributed by atoms with Crippen LogP contribution in [0.3, 0.4) is 0 Å². The van der Waals surface area contributed by atoms with Crippen LogP contribution >= 0.6 is 24.8 Å². The Kier molecular flexibility index (Phi) is 13.0. The molecule has 2 N–H and O–H groups in total. The fourth-order valence-electron chi connectivity index (χ4n) is 1.09. The van der Waals surface area contributed by atoms with Crippen LogP contribution in [0.2, 0.25) is 0 Å². The zero-order chi connectivity index (χ0) is 8.65. The van der Waals surface area contributed by atoms with Crippen molar-refractivity contribution in [2.24, 2.45) is 5.73 Å². The molecule has 0 aromatic carbocycles. The lowest BCUT2D eigenvalue weighted by Crippen LogP contribution is -2.36. The van der Waals surface area contributed by atoms with Crippen molar-refractivity contribution in [3.8, 4) is 11.8 Å². The highest BCUT2D eigenvalue weighted by atomic mass is 35.5. The molecule has 0 atom stereocenters. The van der Waals surface area contributed by atoms with Gasteiger partial charge in [0.25, 0.3) is 0 Å². The molecule has 1 aliphatic rings. The number of hydrogen-bond acceptors (Lipinski definition) is 3. The van der Waals surface area contributed by atoms with Crippen LogP contribution in [-0.4, -0.2) is 44.3 Å². The summed E-state index contributed by atoms with van der Waals surface area (Å²) in [6, 6.07) is 0. The molecular weight excluding hydrogens is 223 g/mol. The molecular formula is C9H18Cl2N2O. The number of rotatable bonds is 2. The maximum absolute atomic E-state index is 5.31. The summed E-state index contributed by atoms with van der Waals surface area (Å²) in [6.45, 7) is 5.24. The van der Waals surface area contributed by atoms with Crippen molar-refractivity contribution < 1.29 is 4.74 Å². The van der Waals surface area contributed by atoms with Crippen LogP contribution in [0.4, 0.5) is 0 Å². The molecule has 0 spiro atoms. The smallest absolute Gasteiger partial charge is 0.0603 e. The molecule has 0 unspecified atom stereocenters. The molecule has 0 bridgehead atoms. The predicted octanol–water partition coefficient (Wildman–Crippen LogP) is 0.514. The number of nitrogens with two attached hydrogens (primary N) is 1. The topological polar surface area (TPSA) is 38.5 Å². The second kappa shape index (κ2) is 11.1. The van der Waals surface area contributed by atoms with Gasteiger partial charge in [0.2, 0.25) is 0 Å². The van der Waals surface area contributed by atoms with Crippen LogP contribution < -0.4 is 5.73 Å². The monoisotopic (exact) mass is 240 g/mol. The molecule has 1 rings (SSSR count). The summed E-state index contributed by atoms with van der Waals surface area (Å²) >= 11 is 0. The Hall–Kier alpha value is 0.0200. The average molecular weight is 241 g/mol. The summed E-state index contributed by atoms with van der Waals surface area (Å²) < 4.78 is 5.22. The van der Waals surface area contributed by atoms with Gasteiger partial charge in [0, 0.05) is 26.1 Å². The molecule has 14 heavy (non-hydrogen) atoms. The first-order valence-electron chi connectivity index (χ1n) is 4.39. The first-order chi connectivity index (χ1) is 5.93. The van der Waals surface area contributed by atoms with Gasteiger partial charge in [-0.15, -0.1) is 30.7 Å². The van der Waals surface area contributed by atoms with E-state index in [4.69, 9.17) is 10.5 Å². The third-order valence-electron chi connectivity index (χ3n) is 1.80. The van der Waals surface area contributed by atoms with Crippen molar-refractivity contribution >= 4 is 24.8 Å². The van der Waals surface area contributed by atoms with E-state index in [1.807, 2.05) is 0 Å². The average Bonchev–Trinajstić information content (AvgIpc) is 2.14. The summed E-state index contributed by atoms with van der Waals surface area (Å²) in [6.07, 6.45) is 0.810. The molecule has 1 fully saturated rings. The van der Waals surface area contributed by atoms with E-state index in [1.165, 1.54) is 0 Å². The second-order valence-electron chi connectivity index (χ2n) is 2.78. The maximum atomic E-state index is 5.31. The van der Waals surface area contributed by atoms with Crippen LogP contribution in [0.25, 0.3) is 0 Å². The predicted molar refractivity (Wildman–Crippen MR) is 63.2 cm³/mol. The largest absolute Gasteiger partial charge is 0.379 e. The van der Waals surface area contributed by atoms with Gasteiger partial charge in [0.05, 0.1) is 19.8 Å². The summed E-state index contributed by atoms with van der Waals surface area (Å²) in [5.41, 5.74) is 5.31. The lowest BCUT2D eigenvalue weighted by molar-refractivity contribution is 0.0443. The quantitative estimate of drug-likeness (QED) is 0.716. The summed E-state index contributed by atoms with van der Waals surface area (Å²) in [5, 5.41) is 0. The lowest BCUT2D eigenvalue weighted by Gasteiger charge is -2.24. The number of halogens is 2. The zero-order valence-corrected chi connectivity index (χ0v) is 9.83. The van der Waals surface area contributed by atoms with E-state index in [1.54, 1.807) is 0 Å². The lowest BCUT2D eigenvalue weighted by atomic mass is 10.4. The summed E-state index contributed by atoms with van der Waals surface area (Å²) in [7, 11) is 0. The molecule has 1 aliphatic heterocycles. The fourth-order valence-corrected chi connectivity index (χ4v) is 1.09. The fraction of sp³-hybridized carbons (Fsp3) is 0.778. The Bertz CT molecular complexity index is 173. The molecule has 1 saturated heterocycles. The van der Waals surface area contributed by atoms with E-state index in [0.29, 0.717) is 6.54 Å². The Morgan fingerprint density at radius 3 is 2.36 bits per heavy atom. The minimum Gasteiger partial charge on any atom is -0.379 e. The van der Waals surface area contributed by atoms with E-state index < -0.39 is 0 Å². The van der Waals surface area contributed by atoms with E-state index in [9.17, 15) is 0 Å². The highest BCUT2D eigenvalue weighted by molar-refractivity contribution is 5.85. The molecule has 84 valence electrons. The van der Waals surface area contributed by atoms with E-state index in [2.05, 4.69) is 16.7 Å². The van der Waals surface area contributed by atoms with E-state index >= 15 is 0 Å². The molecule has 0 aliphatic carbocycles. The second-order valence-corrected chi connectivity index (χ2v) is 2.78. The van der Waals surface area contributed by atoms with Crippen LogP contribution in [-0.2, 0) is 4.74 Å². The van der Waals surface area contributed by atoms with Gasteiger partial charge in [-0.25, -0.2) is 0 Å². The molecule has 1 heterocycles. The van der Waals surface area contributed by atoms with Gasteiger partial charge in [-0.3, -0.25) is 4.90 Å². The normalized spacial score (nSPS) is 15.8. The zero-order valence-electron chi connectivity index (χ0n) is 8.20. The van der Waals surface area contributed by atoms with Crippen molar-refractivity contribution in [1.29, 1.82) is 0 Å². The molecule has 3 nitrogen and oxygen atoms in total. The van der Waals surface area contributed by atoms with Crippen molar-refractivity contribution in [3.05, 3.63) is 0 Å². The van der Waals surface area contributed by atoms with Crippen molar-refractivity contribution in [2.75, 3.05) is 39.4 Å². The van der Waals surface area contributed by atoms with Gasteiger partial charge < -0.3 is 10.5 Å². The van der Waals surface area contributed by atoms with Crippen molar-refractivity contribution in [1.82, 2.24) is 4.90 Å². The van der Waals surface area contributed by atoms with Gasteiger partial charge >= 0.3 is 0 Å². The number of hydrogen-bond donors (Lipinski definition) is 1. The molecule has 0 saturated carbocycles. The first-order valence-corrected chi connectivity index (χ1v) is 4.39. The Balaban J connectivity index is 0. The molecule has 5 heteroatoms. The minimum absolute atomic E-state index is 0. The first kappa shape index (κ1) is 16.4. The molecule has 0 radical (unpaired) electrons. The van der Waals surface area contributed by atoms with Crippen LogP contribution in [0.15, 0.2) is 0 Å². The maximum Gasteiger partial charge on any atom is 0.0603 e. The molecule has 0 aromatic heterocycles. The SMILES string of the molecule is Cl.Cl.NCCC#CCN1CCOCC1. The summed E-state index contributed by atoms with van der Waals surface area (Å²) in [5.74, 6) is 6.12. The molecule has 0 aromatic rings. The van der Waals surface area contributed by atoms with Crippen LogP contribution in [0.5, 0.6) is 0 Å². The van der Waals surface area contributed by atoms with E-state index in [0.717, 1.165) is 39.3 Å². The standard InChI is InChI=1S/C9H16N2O.2ClH/c10-4-2-1-3-5-11-6-8-12-9-7-11;;/h2,4-10H2;2*1H.